The molecule has 0 aliphatic heterocycles. The van der Waals surface area contributed by atoms with Crippen LogP contribution in [0.5, 0.6) is 0 Å². The molecular formula is C41H75O13P. The highest BCUT2D eigenvalue weighted by Crippen LogP contribution is 2.47. The van der Waals surface area contributed by atoms with E-state index in [1.165, 1.54) is 57.8 Å². The zero-order chi connectivity index (χ0) is 40.7. The Hall–Kier alpha value is -1.67. The smallest absolute Gasteiger partial charge is 0.462 e. The van der Waals surface area contributed by atoms with Crippen LogP contribution in [0.15, 0.2) is 24.3 Å². The van der Waals surface area contributed by atoms with Crippen LogP contribution >= 0.6 is 7.82 Å². The number of rotatable bonds is 34. The summed E-state index contributed by atoms with van der Waals surface area (Å²) in [4.78, 5) is 35.5. The molecule has 8 atom stereocenters. The standard InChI is InChI=1S/C41H75O13P/c1-3-5-7-9-11-13-15-17-19-21-23-25-27-29-34(42)51-31-33(32-52-55(49,50)54-41-39(47)37(45)36(44)38(46)40(41)48)53-35(43)30-28-26-24-22-20-18-16-14-12-10-8-6-4-2/h8,10,14,16,33,36-41,44-48H,3-7,9,11-13,15,17-32H2,1-2H3,(H,49,50)/b10-8-,16-14-/t33-,36?,37-,38?,39?,40?,41?/m1/s1. The van der Waals surface area contributed by atoms with Crippen molar-refractivity contribution >= 4 is 19.8 Å². The normalized spacial score (nSPS) is 23.3. The number of ether oxygens (including phenoxy) is 2. The fraction of sp³-hybridized carbons (Fsp3) is 0.854. The highest BCUT2D eigenvalue weighted by atomic mass is 31.2. The van der Waals surface area contributed by atoms with Gasteiger partial charge in [-0.25, -0.2) is 4.57 Å². The van der Waals surface area contributed by atoms with Crippen molar-refractivity contribution in [3.05, 3.63) is 24.3 Å². The maximum absolute atomic E-state index is 12.8. The molecule has 1 aliphatic rings. The van der Waals surface area contributed by atoms with Gasteiger partial charge in [-0.3, -0.25) is 18.6 Å². The number of aliphatic hydroxyl groups is 5. The summed E-state index contributed by atoms with van der Waals surface area (Å²) in [5, 5.41) is 50.0. The summed E-state index contributed by atoms with van der Waals surface area (Å²) >= 11 is 0. The molecule has 0 aromatic heterocycles. The lowest BCUT2D eigenvalue weighted by Gasteiger charge is -2.41. The monoisotopic (exact) mass is 806 g/mol. The fourth-order valence-corrected chi connectivity index (χ4v) is 7.30. The maximum Gasteiger partial charge on any atom is 0.472 e. The number of phosphoric acid groups is 1. The highest BCUT2D eigenvalue weighted by molar-refractivity contribution is 7.47. The predicted octanol–water partition coefficient (Wildman–Crippen LogP) is 7.28. The lowest BCUT2D eigenvalue weighted by molar-refractivity contribution is -0.220. The Bertz CT molecular complexity index is 1070. The van der Waals surface area contributed by atoms with Gasteiger partial charge < -0.3 is 39.9 Å². The zero-order valence-corrected chi connectivity index (χ0v) is 34.6. The Kier molecular flexibility index (Phi) is 30.2. The predicted molar refractivity (Wildman–Crippen MR) is 212 cm³/mol. The van der Waals surface area contributed by atoms with E-state index in [2.05, 4.69) is 38.2 Å². The molecule has 1 aliphatic carbocycles. The van der Waals surface area contributed by atoms with Gasteiger partial charge in [0.05, 0.1) is 6.61 Å². The van der Waals surface area contributed by atoms with Gasteiger partial charge in [0.15, 0.2) is 6.10 Å². The van der Waals surface area contributed by atoms with E-state index in [-0.39, 0.29) is 12.8 Å². The molecule has 0 radical (unpaired) electrons. The minimum atomic E-state index is -5.11. The summed E-state index contributed by atoms with van der Waals surface area (Å²) in [6.45, 7) is 3.20. The number of hydrogen-bond donors (Lipinski definition) is 6. The van der Waals surface area contributed by atoms with E-state index < -0.39 is 75.7 Å². The van der Waals surface area contributed by atoms with Crippen LogP contribution in [0, 0.1) is 0 Å². The molecule has 1 fully saturated rings. The van der Waals surface area contributed by atoms with E-state index in [4.69, 9.17) is 18.5 Å². The van der Waals surface area contributed by atoms with Crippen LogP contribution in [0.25, 0.3) is 0 Å². The topological polar surface area (TPSA) is 210 Å². The molecule has 1 saturated carbocycles. The first-order valence-corrected chi connectivity index (χ1v) is 22.6. The Balaban J connectivity index is 2.51. The first kappa shape index (κ1) is 51.3. The largest absolute Gasteiger partial charge is 0.472 e. The second-order valence-electron chi connectivity index (χ2n) is 14.8. The Morgan fingerprint density at radius 2 is 1.02 bits per heavy atom. The van der Waals surface area contributed by atoms with Crippen molar-refractivity contribution in [2.75, 3.05) is 13.2 Å². The van der Waals surface area contributed by atoms with E-state index in [0.717, 1.165) is 70.6 Å². The van der Waals surface area contributed by atoms with E-state index in [1.54, 1.807) is 0 Å². The fourth-order valence-electron chi connectivity index (χ4n) is 6.32. The summed E-state index contributed by atoms with van der Waals surface area (Å²) in [6.07, 6.45) is 19.6. The van der Waals surface area contributed by atoms with Crippen LogP contribution in [-0.4, -0.2) is 98.3 Å². The third-order valence-corrected chi connectivity index (χ3v) is 10.8. The molecule has 6 unspecified atom stereocenters. The van der Waals surface area contributed by atoms with Gasteiger partial charge in [-0.05, 0) is 38.5 Å². The molecule has 6 N–H and O–H groups in total. The van der Waals surface area contributed by atoms with Gasteiger partial charge in [0.1, 0.15) is 43.2 Å². The first-order chi connectivity index (χ1) is 26.4. The summed E-state index contributed by atoms with van der Waals surface area (Å²) < 4.78 is 33.4. The average Bonchev–Trinajstić information content (AvgIpc) is 3.16. The number of carbonyl (C=O) groups excluding carboxylic acids is 2. The molecule has 322 valence electrons. The maximum atomic E-state index is 12.8. The van der Waals surface area contributed by atoms with Crippen molar-refractivity contribution < 1.29 is 63.1 Å². The van der Waals surface area contributed by atoms with E-state index >= 15 is 0 Å². The lowest BCUT2D eigenvalue weighted by Crippen LogP contribution is -2.64. The number of hydrogen-bond acceptors (Lipinski definition) is 12. The SMILES string of the molecule is CCC/C=C\C/C=C\CCCCCCCC(=O)O[C@H](COC(=O)CCCCCCCCCCCCCCC)COP(=O)(O)OC1C(O)C(O)C(O)[C@@H](O)C1O. The van der Waals surface area contributed by atoms with Crippen molar-refractivity contribution in [1.82, 2.24) is 0 Å². The molecule has 14 heteroatoms. The minimum absolute atomic E-state index is 0.0826. The zero-order valence-electron chi connectivity index (χ0n) is 33.7. The molecule has 0 amide bonds. The van der Waals surface area contributed by atoms with Crippen molar-refractivity contribution in [1.29, 1.82) is 0 Å². The van der Waals surface area contributed by atoms with Crippen LogP contribution in [0.3, 0.4) is 0 Å². The number of carbonyl (C=O) groups is 2. The molecular weight excluding hydrogens is 731 g/mol. The molecule has 0 spiro atoms. The van der Waals surface area contributed by atoms with Crippen LogP contribution in [-0.2, 0) is 32.7 Å². The second kappa shape index (κ2) is 32.3. The van der Waals surface area contributed by atoms with Gasteiger partial charge in [0, 0.05) is 12.8 Å². The Morgan fingerprint density at radius 1 is 0.564 bits per heavy atom. The van der Waals surface area contributed by atoms with Crippen LogP contribution in [0.2, 0.25) is 0 Å². The van der Waals surface area contributed by atoms with Crippen LogP contribution in [0.4, 0.5) is 0 Å². The molecule has 0 heterocycles. The quantitative estimate of drug-likeness (QED) is 0.0164. The average molecular weight is 807 g/mol. The second-order valence-corrected chi connectivity index (χ2v) is 16.3. The first-order valence-electron chi connectivity index (χ1n) is 21.1. The van der Waals surface area contributed by atoms with Gasteiger partial charge in [0.25, 0.3) is 0 Å². The third-order valence-electron chi connectivity index (χ3n) is 9.78. The number of allylic oxidation sites excluding steroid dienone is 4. The molecule has 0 saturated heterocycles. The minimum Gasteiger partial charge on any atom is -0.462 e. The van der Waals surface area contributed by atoms with Gasteiger partial charge in [-0.1, -0.05) is 141 Å². The van der Waals surface area contributed by atoms with Gasteiger partial charge in [-0.2, -0.15) is 0 Å². The van der Waals surface area contributed by atoms with Crippen molar-refractivity contribution in [2.24, 2.45) is 0 Å². The summed E-state index contributed by atoms with van der Waals surface area (Å²) in [7, 11) is -5.11. The summed E-state index contributed by atoms with van der Waals surface area (Å²) in [5.74, 6) is -1.11. The molecule has 0 aromatic carbocycles. The molecule has 0 bridgehead atoms. The van der Waals surface area contributed by atoms with Gasteiger partial charge in [0.2, 0.25) is 0 Å². The van der Waals surface area contributed by atoms with E-state index in [0.29, 0.717) is 12.8 Å². The molecule has 0 aromatic rings. The summed E-state index contributed by atoms with van der Waals surface area (Å²) in [6, 6.07) is 0. The van der Waals surface area contributed by atoms with Crippen molar-refractivity contribution in [3.8, 4) is 0 Å². The summed E-state index contributed by atoms with van der Waals surface area (Å²) in [5.41, 5.74) is 0. The van der Waals surface area contributed by atoms with Gasteiger partial charge >= 0.3 is 19.8 Å². The van der Waals surface area contributed by atoms with E-state index in [1.807, 2.05) is 0 Å². The Labute approximate surface area is 330 Å². The van der Waals surface area contributed by atoms with Crippen molar-refractivity contribution in [3.63, 3.8) is 0 Å². The highest BCUT2D eigenvalue weighted by Gasteiger charge is 2.51. The molecule has 55 heavy (non-hydrogen) atoms. The van der Waals surface area contributed by atoms with Crippen molar-refractivity contribution in [2.45, 2.75) is 211 Å². The number of unbranched alkanes of at least 4 members (excludes halogenated alkanes) is 18. The number of phosphoric ester groups is 1. The lowest BCUT2D eigenvalue weighted by atomic mass is 9.85. The third kappa shape index (κ3) is 25.3. The molecule has 1 rings (SSSR count). The molecule has 13 nitrogen and oxygen atoms in total. The van der Waals surface area contributed by atoms with Gasteiger partial charge in [-0.15, -0.1) is 0 Å². The number of esters is 2. The Morgan fingerprint density at radius 3 is 1.55 bits per heavy atom. The van der Waals surface area contributed by atoms with E-state index in [9.17, 15) is 44.6 Å². The van der Waals surface area contributed by atoms with Crippen LogP contribution in [0.1, 0.15) is 168 Å². The number of aliphatic hydroxyl groups excluding tert-OH is 5. The van der Waals surface area contributed by atoms with Crippen LogP contribution < -0.4 is 0 Å².